The minimum Gasteiger partial charge on any atom is -0.461 e. The maximum absolute atomic E-state index is 12.3. The molecule has 0 fully saturated rings. The molecule has 0 unspecified atom stereocenters. The van der Waals surface area contributed by atoms with Gasteiger partial charge in [-0.25, -0.2) is 0 Å². The summed E-state index contributed by atoms with van der Waals surface area (Å²) in [6, 6.07) is 11.1. The Bertz CT molecular complexity index is 1040. The fraction of sp³-hybridized carbons (Fsp3) is 0.167. The van der Waals surface area contributed by atoms with Crippen LogP contribution in [0.4, 0.5) is 5.69 Å². The number of benzene rings is 1. The van der Waals surface area contributed by atoms with Crippen molar-refractivity contribution >= 4 is 34.9 Å². The van der Waals surface area contributed by atoms with Gasteiger partial charge in [-0.1, -0.05) is 28.4 Å². The number of hydrogen-bond donors (Lipinski definition) is 1. The molecule has 4 aromatic rings. The van der Waals surface area contributed by atoms with Gasteiger partial charge in [0.2, 0.25) is 5.91 Å². The molecule has 0 spiro atoms. The van der Waals surface area contributed by atoms with Gasteiger partial charge >= 0.3 is 0 Å². The number of aromatic nitrogens is 5. The summed E-state index contributed by atoms with van der Waals surface area (Å²) < 4.78 is 11.2. The number of nitrogens with zero attached hydrogens (tertiary/aromatic N) is 5. The lowest BCUT2D eigenvalue weighted by Crippen LogP contribution is -2.14. The first-order chi connectivity index (χ1) is 13.7. The Balaban J connectivity index is 1.37. The molecular weight excluding hydrogens is 396 g/mol. The van der Waals surface area contributed by atoms with Crippen LogP contribution < -0.4 is 5.32 Å². The SMILES string of the molecule is CCn1c(SCC(=O)Nc2ccc(-c3csnn3)cc2)nnc1-c1ccco1. The van der Waals surface area contributed by atoms with E-state index in [4.69, 9.17) is 4.42 Å². The quantitative estimate of drug-likeness (QED) is 0.461. The number of furan rings is 1. The van der Waals surface area contributed by atoms with Crippen molar-refractivity contribution in [3.05, 3.63) is 48.0 Å². The van der Waals surface area contributed by atoms with Gasteiger partial charge in [0.05, 0.1) is 12.0 Å². The molecule has 1 aromatic carbocycles. The molecule has 28 heavy (non-hydrogen) atoms. The van der Waals surface area contributed by atoms with Gasteiger partial charge in [0, 0.05) is 23.2 Å². The summed E-state index contributed by atoms with van der Waals surface area (Å²) in [5.41, 5.74) is 2.51. The van der Waals surface area contributed by atoms with Crippen LogP contribution in [0.2, 0.25) is 0 Å². The van der Waals surface area contributed by atoms with E-state index in [-0.39, 0.29) is 11.7 Å². The second kappa shape index (κ2) is 8.36. The van der Waals surface area contributed by atoms with E-state index < -0.39 is 0 Å². The zero-order chi connectivity index (χ0) is 19.3. The largest absolute Gasteiger partial charge is 0.461 e. The summed E-state index contributed by atoms with van der Waals surface area (Å²) in [7, 11) is 0. The average Bonchev–Trinajstić information content (AvgIpc) is 3.48. The number of anilines is 1. The summed E-state index contributed by atoms with van der Waals surface area (Å²) >= 11 is 2.64. The highest BCUT2D eigenvalue weighted by atomic mass is 32.2. The Morgan fingerprint density at radius 2 is 2.07 bits per heavy atom. The lowest BCUT2D eigenvalue weighted by atomic mass is 10.1. The minimum atomic E-state index is -0.113. The second-order valence-electron chi connectivity index (χ2n) is 5.73. The third kappa shape index (κ3) is 3.97. The zero-order valence-electron chi connectivity index (χ0n) is 14.9. The van der Waals surface area contributed by atoms with Crippen LogP contribution in [0, 0.1) is 0 Å². The molecule has 8 nitrogen and oxygen atoms in total. The van der Waals surface area contributed by atoms with Gasteiger partial charge in [-0.05, 0) is 42.7 Å². The zero-order valence-corrected chi connectivity index (χ0v) is 16.5. The lowest BCUT2D eigenvalue weighted by molar-refractivity contribution is -0.113. The van der Waals surface area contributed by atoms with Gasteiger partial charge in [-0.2, -0.15) is 0 Å². The highest BCUT2D eigenvalue weighted by molar-refractivity contribution is 7.99. The molecule has 10 heteroatoms. The van der Waals surface area contributed by atoms with Crippen LogP contribution in [0.3, 0.4) is 0 Å². The number of rotatable bonds is 7. The number of thioether (sulfide) groups is 1. The summed E-state index contributed by atoms with van der Waals surface area (Å²) in [6.45, 7) is 2.68. The van der Waals surface area contributed by atoms with Gasteiger partial charge in [0.25, 0.3) is 0 Å². The molecule has 3 aromatic heterocycles. The summed E-state index contributed by atoms with van der Waals surface area (Å²) in [5.74, 6) is 1.43. The van der Waals surface area contributed by atoms with Crippen LogP contribution in [0.5, 0.6) is 0 Å². The monoisotopic (exact) mass is 412 g/mol. The molecule has 0 aliphatic heterocycles. The number of carbonyl (C=O) groups is 1. The smallest absolute Gasteiger partial charge is 0.234 e. The van der Waals surface area contributed by atoms with Gasteiger partial charge in [-0.3, -0.25) is 9.36 Å². The van der Waals surface area contributed by atoms with Crippen molar-refractivity contribution < 1.29 is 9.21 Å². The fourth-order valence-electron chi connectivity index (χ4n) is 2.61. The standard InChI is InChI=1S/C18H16N6O2S2/c1-2-24-17(15-4-3-9-26-15)21-22-18(24)27-11-16(25)19-13-7-5-12(6-8-13)14-10-28-23-20-14/h3-10H,2,11H2,1H3,(H,19,25). The van der Waals surface area contributed by atoms with Crippen LogP contribution in [0.15, 0.2) is 57.6 Å². The van der Waals surface area contributed by atoms with E-state index in [9.17, 15) is 4.79 Å². The van der Waals surface area contributed by atoms with Crippen molar-refractivity contribution in [3.63, 3.8) is 0 Å². The van der Waals surface area contributed by atoms with E-state index in [0.717, 1.165) is 16.9 Å². The molecule has 1 amide bonds. The topological polar surface area (TPSA) is 98.7 Å². The predicted octanol–water partition coefficient (Wildman–Crippen LogP) is 3.81. The van der Waals surface area contributed by atoms with Crippen molar-refractivity contribution in [2.45, 2.75) is 18.6 Å². The van der Waals surface area contributed by atoms with Crippen molar-refractivity contribution in [1.82, 2.24) is 24.4 Å². The second-order valence-corrected chi connectivity index (χ2v) is 7.28. The highest BCUT2D eigenvalue weighted by Crippen LogP contribution is 2.25. The first-order valence-electron chi connectivity index (χ1n) is 8.52. The van der Waals surface area contributed by atoms with Gasteiger partial charge in [0.1, 0.15) is 5.69 Å². The van der Waals surface area contributed by atoms with Gasteiger partial charge in [0.15, 0.2) is 16.7 Å². The Morgan fingerprint density at radius 3 is 2.75 bits per heavy atom. The first kappa shape index (κ1) is 18.4. The minimum absolute atomic E-state index is 0.113. The Labute approximate surface area is 169 Å². The molecule has 0 saturated heterocycles. The number of nitrogens with one attached hydrogen (secondary N) is 1. The molecule has 0 saturated carbocycles. The van der Waals surface area contributed by atoms with Crippen LogP contribution in [0.1, 0.15) is 6.92 Å². The molecule has 142 valence electrons. The fourth-order valence-corrected chi connectivity index (χ4v) is 3.88. The Hall–Kier alpha value is -2.98. The average molecular weight is 413 g/mol. The molecule has 0 aliphatic carbocycles. The number of carbonyl (C=O) groups excluding carboxylic acids is 1. The van der Waals surface area contributed by atoms with Crippen LogP contribution in [-0.4, -0.2) is 36.0 Å². The Kier molecular flexibility index (Phi) is 5.49. The lowest BCUT2D eigenvalue weighted by Gasteiger charge is -2.07. The Morgan fingerprint density at radius 1 is 1.21 bits per heavy atom. The predicted molar refractivity (Wildman–Crippen MR) is 108 cm³/mol. The maximum atomic E-state index is 12.3. The third-order valence-electron chi connectivity index (χ3n) is 3.93. The van der Waals surface area contributed by atoms with E-state index in [1.54, 1.807) is 12.3 Å². The molecular formula is C18H16N6O2S2. The van der Waals surface area contributed by atoms with Gasteiger partial charge in [-0.15, -0.1) is 15.3 Å². The van der Waals surface area contributed by atoms with E-state index in [1.165, 1.54) is 23.3 Å². The number of amides is 1. The molecule has 0 aliphatic rings. The van der Waals surface area contributed by atoms with Crippen molar-refractivity contribution in [2.75, 3.05) is 11.1 Å². The van der Waals surface area contributed by atoms with Crippen molar-refractivity contribution in [1.29, 1.82) is 0 Å². The number of hydrogen-bond acceptors (Lipinski definition) is 8. The van der Waals surface area contributed by atoms with Crippen molar-refractivity contribution in [3.8, 4) is 22.8 Å². The molecule has 4 rings (SSSR count). The molecule has 0 radical (unpaired) electrons. The maximum Gasteiger partial charge on any atom is 0.234 e. The summed E-state index contributed by atoms with van der Waals surface area (Å²) in [4.78, 5) is 12.3. The van der Waals surface area contributed by atoms with E-state index >= 15 is 0 Å². The van der Waals surface area contributed by atoms with Crippen LogP contribution >= 0.6 is 23.3 Å². The molecule has 3 heterocycles. The highest BCUT2D eigenvalue weighted by Gasteiger charge is 2.16. The summed E-state index contributed by atoms with van der Waals surface area (Å²) in [6.07, 6.45) is 1.60. The third-order valence-corrected chi connectivity index (χ3v) is 5.40. The van der Waals surface area contributed by atoms with E-state index in [0.29, 0.717) is 23.3 Å². The summed E-state index contributed by atoms with van der Waals surface area (Å²) in [5, 5.41) is 17.8. The van der Waals surface area contributed by atoms with Crippen molar-refractivity contribution in [2.24, 2.45) is 0 Å². The van der Waals surface area contributed by atoms with Crippen LogP contribution in [0.25, 0.3) is 22.8 Å². The van der Waals surface area contributed by atoms with E-state index in [2.05, 4.69) is 25.1 Å². The molecule has 0 atom stereocenters. The molecule has 1 N–H and O–H groups in total. The first-order valence-corrected chi connectivity index (χ1v) is 10.3. The van der Waals surface area contributed by atoms with E-state index in [1.807, 2.05) is 47.2 Å². The normalized spacial score (nSPS) is 10.9. The van der Waals surface area contributed by atoms with Crippen LogP contribution in [-0.2, 0) is 11.3 Å². The van der Waals surface area contributed by atoms with Gasteiger partial charge < -0.3 is 9.73 Å². The molecule has 0 bridgehead atoms.